The molecule has 0 unspecified atom stereocenters. The fourth-order valence-electron chi connectivity index (χ4n) is 2.15. The molecule has 2 N–H and O–H groups in total. The molecule has 1 saturated carbocycles. The number of ether oxygens (including phenoxy) is 1. The zero-order valence-corrected chi connectivity index (χ0v) is 13.1. The van der Waals surface area contributed by atoms with E-state index in [1.165, 1.54) is 0 Å². The maximum absolute atomic E-state index is 11.6. The molecule has 2 rings (SSSR count). The molecule has 0 aliphatic heterocycles. The summed E-state index contributed by atoms with van der Waals surface area (Å²) in [6, 6.07) is 5.81. The summed E-state index contributed by atoms with van der Waals surface area (Å²) in [6.45, 7) is 0.544. The number of benzene rings is 1. The third-order valence-corrected chi connectivity index (χ3v) is 4.02. The Morgan fingerprint density at radius 3 is 2.90 bits per heavy atom. The molecule has 1 aliphatic rings. The lowest BCUT2D eigenvalue weighted by Crippen LogP contribution is -2.32. The topological polar surface area (TPSA) is 58.6 Å². The Kier molecular flexibility index (Phi) is 5.43. The number of amides is 1. The van der Waals surface area contributed by atoms with Crippen LogP contribution >= 0.6 is 15.9 Å². The largest absolute Gasteiger partial charge is 0.496 e. The first kappa shape index (κ1) is 15.3. The Morgan fingerprint density at radius 1 is 1.55 bits per heavy atom. The van der Waals surface area contributed by atoms with Crippen LogP contribution in [0.1, 0.15) is 18.4 Å². The van der Waals surface area contributed by atoms with Gasteiger partial charge in [-0.15, -0.1) is 0 Å². The first-order valence-electron chi connectivity index (χ1n) is 6.85. The Balaban J connectivity index is 1.94. The number of hydrogen-bond donors (Lipinski definition) is 2. The molecule has 1 aliphatic carbocycles. The van der Waals surface area contributed by atoms with Crippen molar-refractivity contribution in [2.24, 2.45) is 11.8 Å². The summed E-state index contributed by atoms with van der Waals surface area (Å²) >= 11 is 3.44. The van der Waals surface area contributed by atoms with Crippen molar-refractivity contribution >= 4 is 21.8 Å². The highest BCUT2D eigenvalue weighted by Gasteiger charge is 2.29. The van der Waals surface area contributed by atoms with E-state index in [0.717, 1.165) is 28.6 Å². The number of methoxy groups -OCH3 is 1. The van der Waals surface area contributed by atoms with E-state index in [1.54, 1.807) is 7.11 Å². The predicted molar refractivity (Wildman–Crippen MR) is 80.7 cm³/mol. The first-order chi connectivity index (χ1) is 9.63. The van der Waals surface area contributed by atoms with Crippen molar-refractivity contribution in [2.75, 3.05) is 20.3 Å². The molecular formula is C15H20BrNO3. The van der Waals surface area contributed by atoms with E-state index in [1.807, 2.05) is 18.2 Å². The highest BCUT2D eigenvalue weighted by atomic mass is 79.9. The van der Waals surface area contributed by atoms with Gasteiger partial charge in [-0.2, -0.15) is 0 Å². The third kappa shape index (κ3) is 4.21. The number of aliphatic hydroxyl groups excluding tert-OH is 1. The van der Waals surface area contributed by atoms with E-state index in [2.05, 4.69) is 21.2 Å². The normalized spacial score (nSPS) is 15.8. The van der Waals surface area contributed by atoms with E-state index in [0.29, 0.717) is 13.0 Å². The van der Waals surface area contributed by atoms with Crippen LogP contribution in [0.3, 0.4) is 0 Å². The molecule has 5 heteroatoms. The second-order valence-electron chi connectivity index (χ2n) is 5.23. The number of carbonyl (C=O) groups excluding carboxylic acids is 1. The fourth-order valence-corrected chi connectivity index (χ4v) is 2.56. The summed E-state index contributed by atoms with van der Waals surface area (Å²) < 4.78 is 6.31. The standard InChI is InChI=1S/C15H20BrNO3/c1-20-14-5-4-13(16)7-12(14)6-10(9-18)8-17-15(19)11-2-3-11/h4-5,7,10-11,18H,2-3,6,8-9H2,1H3,(H,17,19)/t10-/m0/s1. The monoisotopic (exact) mass is 341 g/mol. The fraction of sp³-hybridized carbons (Fsp3) is 0.533. The van der Waals surface area contributed by atoms with E-state index in [-0.39, 0.29) is 24.3 Å². The summed E-state index contributed by atoms with van der Waals surface area (Å²) in [5.41, 5.74) is 1.03. The first-order valence-corrected chi connectivity index (χ1v) is 7.64. The molecule has 0 spiro atoms. The lowest BCUT2D eigenvalue weighted by molar-refractivity contribution is -0.122. The molecular weight excluding hydrogens is 322 g/mol. The molecule has 1 aromatic carbocycles. The van der Waals surface area contributed by atoms with Gasteiger partial charge < -0.3 is 15.2 Å². The van der Waals surface area contributed by atoms with Crippen LogP contribution in [0, 0.1) is 11.8 Å². The van der Waals surface area contributed by atoms with Crippen molar-refractivity contribution in [2.45, 2.75) is 19.3 Å². The lowest BCUT2D eigenvalue weighted by atomic mass is 9.99. The molecule has 1 amide bonds. The number of halogens is 1. The minimum atomic E-state index is 0.000833. The van der Waals surface area contributed by atoms with Gasteiger partial charge in [0.05, 0.1) is 7.11 Å². The molecule has 0 bridgehead atoms. The quantitative estimate of drug-likeness (QED) is 0.798. The van der Waals surface area contributed by atoms with Crippen molar-refractivity contribution in [1.29, 1.82) is 0 Å². The minimum Gasteiger partial charge on any atom is -0.496 e. The molecule has 110 valence electrons. The van der Waals surface area contributed by atoms with Crippen molar-refractivity contribution in [3.63, 3.8) is 0 Å². The Bertz CT molecular complexity index is 474. The third-order valence-electron chi connectivity index (χ3n) is 3.52. The maximum Gasteiger partial charge on any atom is 0.223 e. The average Bonchev–Trinajstić information content (AvgIpc) is 3.27. The molecule has 1 atom stereocenters. The minimum absolute atomic E-state index is 0.000833. The maximum atomic E-state index is 11.6. The molecule has 1 aromatic rings. The van der Waals surface area contributed by atoms with Gasteiger partial charge in [0.25, 0.3) is 0 Å². The molecule has 1 fully saturated rings. The van der Waals surface area contributed by atoms with Crippen LogP contribution < -0.4 is 10.1 Å². The van der Waals surface area contributed by atoms with Crippen molar-refractivity contribution < 1.29 is 14.6 Å². The van der Waals surface area contributed by atoms with Gasteiger partial charge in [0.15, 0.2) is 0 Å². The van der Waals surface area contributed by atoms with Crippen molar-refractivity contribution in [1.82, 2.24) is 5.32 Å². The highest BCUT2D eigenvalue weighted by molar-refractivity contribution is 9.10. The van der Waals surface area contributed by atoms with Gasteiger partial charge in [0.2, 0.25) is 5.91 Å². The number of rotatable bonds is 7. The van der Waals surface area contributed by atoms with E-state index < -0.39 is 0 Å². The van der Waals surface area contributed by atoms with Gasteiger partial charge in [0.1, 0.15) is 5.75 Å². The number of hydrogen-bond acceptors (Lipinski definition) is 3. The van der Waals surface area contributed by atoms with Gasteiger partial charge in [-0.05, 0) is 43.0 Å². The molecule has 0 aromatic heterocycles. The molecule has 20 heavy (non-hydrogen) atoms. The van der Waals surface area contributed by atoms with Crippen LogP contribution in [0.4, 0.5) is 0 Å². The zero-order valence-electron chi connectivity index (χ0n) is 11.6. The molecule has 0 saturated heterocycles. The second-order valence-corrected chi connectivity index (χ2v) is 6.14. The summed E-state index contributed by atoms with van der Waals surface area (Å²) in [5, 5.41) is 12.4. The lowest BCUT2D eigenvalue weighted by Gasteiger charge is -2.17. The predicted octanol–water partition coefficient (Wildman–Crippen LogP) is 2.13. The van der Waals surface area contributed by atoms with Crippen LogP contribution in [-0.2, 0) is 11.2 Å². The molecule has 0 radical (unpaired) electrons. The van der Waals surface area contributed by atoms with Crippen molar-refractivity contribution in [3.8, 4) is 5.75 Å². The van der Waals surface area contributed by atoms with Crippen molar-refractivity contribution in [3.05, 3.63) is 28.2 Å². The second kappa shape index (κ2) is 7.09. The van der Waals surface area contributed by atoms with Gasteiger partial charge >= 0.3 is 0 Å². The summed E-state index contributed by atoms with van der Waals surface area (Å²) in [4.78, 5) is 11.6. The molecule has 0 heterocycles. The summed E-state index contributed by atoms with van der Waals surface area (Å²) in [7, 11) is 1.63. The Hall–Kier alpha value is -1.07. The number of carbonyl (C=O) groups is 1. The van der Waals surface area contributed by atoms with Gasteiger partial charge in [-0.25, -0.2) is 0 Å². The summed E-state index contributed by atoms with van der Waals surface area (Å²) in [6.07, 6.45) is 2.66. The number of nitrogens with one attached hydrogen (secondary N) is 1. The van der Waals surface area contributed by atoms with Gasteiger partial charge in [-0.3, -0.25) is 4.79 Å². The van der Waals surface area contributed by atoms with Crippen LogP contribution in [0.2, 0.25) is 0 Å². The van der Waals surface area contributed by atoms with E-state index in [4.69, 9.17) is 4.74 Å². The zero-order chi connectivity index (χ0) is 14.5. The highest BCUT2D eigenvalue weighted by Crippen LogP contribution is 2.29. The van der Waals surface area contributed by atoms with Crippen LogP contribution in [0.5, 0.6) is 5.75 Å². The van der Waals surface area contributed by atoms with Crippen LogP contribution in [0.25, 0.3) is 0 Å². The Morgan fingerprint density at radius 2 is 2.30 bits per heavy atom. The average molecular weight is 342 g/mol. The molecule has 4 nitrogen and oxygen atoms in total. The van der Waals surface area contributed by atoms with E-state index in [9.17, 15) is 9.90 Å². The Labute approximate surface area is 127 Å². The number of aliphatic hydroxyl groups is 1. The summed E-state index contributed by atoms with van der Waals surface area (Å²) in [5.74, 6) is 1.13. The van der Waals surface area contributed by atoms with Crippen LogP contribution in [-0.4, -0.2) is 31.3 Å². The van der Waals surface area contributed by atoms with Gasteiger partial charge in [0, 0.05) is 29.5 Å². The van der Waals surface area contributed by atoms with Gasteiger partial charge in [-0.1, -0.05) is 15.9 Å². The smallest absolute Gasteiger partial charge is 0.223 e. The SMILES string of the molecule is COc1ccc(Br)cc1C[C@H](CO)CNC(=O)C1CC1. The van der Waals surface area contributed by atoms with E-state index >= 15 is 0 Å². The van der Waals surface area contributed by atoms with Crippen LogP contribution in [0.15, 0.2) is 22.7 Å².